The van der Waals surface area contributed by atoms with Gasteiger partial charge in [0.1, 0.15) is 0 Å². The number of hydrogen-bond acceptors (Lipinski definition) is 5. The minimum atomic E-state index is -2.40. The maximum Gasteiger partial charge on any atom is 0.500 e. The third-order valence-corrected chi connectivity index (χ3v) is 8.70. The second kappa shape index (κ2) is 15.7. The molecule has 3 nitrogen and oxygen atoms in total. The van der Waals surface area contributed by atoms with Crippen LogP contribution in [0.1, 0.15) is 59.8 Å². The Balaban J connectivity index is 3.76. The SMILES string of the molecule is CCCCCCSSCCC[Si](OCC)(OCC)OCC. The summed E-state index contributed by atoms with van der Waals surface area (Å²) in [7, 11) is 1.58. The third kappa shape index (κ3) is 12.0. The van der Waals surface area contributed by atoms with Crippen molar-refractivity contribution >= 4 is 30.4 Å². The minimum Gasteiger partial charge on any atom is -0.374 e. The molecular formula is C15H34O3S2Si. The van der Waals surface area contributed by atoms with Crippen LogP contribution in [0.25, 0.3) is 0 Å². The molecule has 0 aliphatic rings. The number of rotatable bonds is 16. The Bertz CT molecular complexity index is 204. The van der Waals surface area contributed by atoms with Gasteiger partial charge < -0.3 is 13.3 Å². The minimum absolute atomic E-state index is 0.672. The van der Waals surface area contributed by atoms with Crippen molar-refractivity contribution in [2.45, 2.75) is 65.8 Å². The first kappa shape index (κ1) is 21.8. The number of hydrogen-bond donors (Lipinski definition) is 0. The molecule has 0 unspecified atom stereocenters. The van der Waals surface area contributed by atoms with Crippen LogP contribution in [-0.2, 0) is 13.3 Å². The Labute approximate surface area is 141 Å². The van der Waals surface area contributed by atoms with Gasteiger partial charge in [0.05, 0.1) is 0 Å². The van der Waals surface area contributed by atoms with Crippen LogP contribution in [0.4, 0.5) is 0 Å². The molecule has 0 bridgehead atoms. The Kier molecular flexibility index (Phi) is 16.3. The fraction of sp³-hybridized carbons (Fsp3) is 1.00. The van der Waals surface area contributed by atoms with Crippen molar-refractivity contribution in [2.75, 3.05) is 31.3 Å². The lowest BCUT2D eigenvalue weighted by Gasteiger charge is -2.28. The zero-order valence-electron chi connectivity index (χ0n) is 14.3. The quantitative estimate of drug-likeness (QED) is 0.210. The molecule has 0 saturated carbocycles. The first-order valence-corrected chi connectivity index (χ1v) is 12.8. The highest BCUT2D eigenvalue weighted by Gasteiger charge is 2.39. The Morgan fingerprint density at radius 2 is 1.19 bits per heavy atom. The van der Waals surface area contributed by atoms with E-state index < -0.39 is 8.80 Å². The predicted molar refractivity (Wildman–Crippen MR) is 99.1 cm³/mol. The van der Waals surface area contributed by atoms with Crippen molar-refractivity contribution in [3.8, 4) is 0 Å². The molecule has 0 atom stereocenters. The first-order chi connectivity index (χ1) is 10.2. The molecule has 0 aromatic carbocycles. The molecule has 0 aromatic rings. The summed E-state index contributed by atoms with van der Waals surface area (Å²) in [5.74, 6) is 2.43. The van der Waals surface area contributed by atoms with Crippen LogP contribution in [-0.4, -0.2) is 40.1 Å². The van der Waals surface area contributed by atoms with Gasteiger partial charge in [0.25, 0.3) is 0 Å². The van der Waals surface area contributed by atoms with E-state index in [-0.39, 0.29) is 0 Å². The molecule has 0 amide bonds. The smallest absolute Gasteiger partial charge is 0.374 e. The summed E-state index contributed by atoms with van der Waals surface area (Å²) in [4.78, 5) is 0. The highest BCUT2D eigenvalue weighted by atomic mass is 33.1. The molecule has 6 heteroatoms. The second-order valence-corrected chi connectivity index (χ2v) is 10.2. The van der Waals surface area contributed by atoms with E-state index in [2.05, 4.69) is 6.92 Å². The average molecular weight is 355 g/mol. The molecule has 0 radical (unpaired) electrons. The van der Waals surface area contributed by atoms with Crippen LogP contribution in [0.2, 0.25) is 6.04 Å². The maximum absolute atomic E-state index is 5.86. The van der Waals surface area contributed by atoms with Crippen molar-refractivity contribution in [1.82, 2.24) is 0 Å². The van der Waals surface area contributed by atoms with Crippen LogP contribution in [0, 0.1) is 0 Å². The fourth-order valence-electron chi connectivity index (χ4n) is 2.05. The van der Waals surface area contributed by atoms with E-state index in [0.717, 1.165) is 18.2 Å². The van der Waals surface area contributed by atoms with Crippen molar-refractivity contribution in [3.05, 3.63) is 0 Å². The van der Waals surface area contributed by atoms with E-state index >= 15 is 0 Å². The summed E-state index contributed by atoms with van der Waals surface area (Å²) in [6.45, 7) is 10.3. The molecule has 21 heavy (non-hydrogen) atoms. The highest BCUT2D eigenvalue weighted by molar-refractivity contribution is 8.76. The third-order valence-electron chi connectivity index (χ3n) is 2.97. The van der Waals surface area contributed by atoms with Gasteiger partial charge in [0.15, 0.2) is 0 Å². The van der Waals surface area contributed by atoms with E-state index in [9.17, 15) is 0 Å². The average Bonchev–Trinajstić information content (AvgIpc) is 2.46. The molecule has 0 saturated heterocycles. The summed E-state index contributed by atoms with van der Waals surface area (Å²) in [6, 6.07) is 0.936. The van der Waals surface area contributed by atoms with Crippen molar-refractivity contribution in [2.24, 2.45) is 0 Å². The normalized spacial score (nSPS) is 12.0. The molecule has 0 N–H and O–H groups in total. The lowest BCUT2D eigenvalue weighted by atomic mass is 10.2. The molecule has 128 valence electrons. The van der Waals surface area contributed by atoms with E-state index in [1.807, 2.05) is 42.4 Å². The Hall–Kier alpha value is 0.797. The van der Waals surface area contributed by atoms with Crippen LogP contribution in [0.15, 0.2) is 0 Å². The van der Waals surface area contributed by atoms with Crippen LogP contribution in [0.5, 0.6) is 0 Å². The van der Waals surface area contributed by atoms with Gasteiger partial charge in [-0.1, -0.05) is 47.8 Å². The summed E-state index contributed by atoms with van der Waals surface area (Å²) in [5.41, 5.74) is 0. The van der Waals surface area contributed by atoms with Crippen molar-refractivity contribution < 1.29 is 13.3 Å². The zero-order chi connectivity index (χ0) is 15.8. The van der Waals surface area contributed by atoms with Gasteiger partial charge in [0.2, 0.25) is 0 Å². The monoisotopic (exact) mass is 354 g/mol. The molecule has 0 aliphatic heterocycles. The molecule has 0 fully saturated rings. The predicted octanol–water partition coefficient (Wildman–Crippen LogP) is 5.39. The molecule has 0 aliphatic carbocycles. The van der Waals surface area contributed by atoms with Gasteiger partial charge in [0, 0.05) is 37.4 Å². The van der Waals surface area contributed by atoms with Crippen molar-refractivity contribution in [1.29, 1.82) is 0 Å². The van der Waals surface area contributed by atoms with E-state index in [1.165, 1.54) is 31.4 Å². The molecule has 0 rings (SSSR count). The van der Waals surface area contributed by atoms with Gasteiger partial charge in [-0.15, -0.1) is 0 Å². The lowest BCUT2D eigenvalue weighted by molar-refractivity contribution is 0.0712. The Morgan fingerprint density at radius 3 is 1.67 bits per heavy atom. The van der Waals surface area contributed by atoms with Gasteiger partial charge in [-0.05, 0) is 33.6 Å². The lowest BCUT2D eigenvalue weighted by Crippen LogP contribution is -2.46. The summed E-state index contributed by atoms with van der Waals surface area (Å²) >= 11 is 0. The maximum atomic E-state index is 5.86. The van der Waals surface area contributed by atoms with Crippen molar-refractivity contribution in [3.63, 3.8) is 0 Å². The van der Waals surface area contributed by atoms with Crippen LogP contribution < -0.4 is 0 Å². The summed E-state index contributed by atoms with van der Waals surface area (Å²) in [6.07, 6.45) is 6.52. The fourth-order valence-corrected chi connectivity index (χ4v) is 7.16. The number of unbranched alkanes of at least 4 members (excludes halogenated alkanes) is 3. The van der Waals surface area contributed by atoms with E-state index in [0.29, 0.717) is 19.8 Å². The summed E-state index contributed by atoms with van der Waals surface area (Å²) < 4.78 is 17.6. The van der Waals surface area contributed by atoms with Gasteiger partial charge in [-0.2, -0.15) is 0 Å². The van der Waals surface area contributed by atoms with Gasteiger partial charge >= 0.3 is 8.80 Å². The zero-order valence-corrected chi connectivity index (χ0v) is 17.0. The first-order valence-electron chi connectivity index (χ1n) is 8.40. The standard InChI is InChI=1S/C15H34O3S2Si/c1-5-9-10-11-13-19-20-14-12-15-21(16-6-2,17-7-3)18-8-4/h5-15H2,1-4H3. The topological polar surface area (TPSA) is 27.7 Å². The molecule has 0 spiro atoms. The van der Waals surface area contributed by atoms with Gasteiger partial charge in [-0.25, -0.2) is 0 Å². The van der Waals surface area contributed by atoms with E-state index in [4.69, 9.17) is 13.3 Å². The van der Waals surface area contributed by atoms with Crippen LogP contribution >= 0.6 is 21.6 Å². The molecular weight excluding hydrogens is 320 g/mol. The largest absolute Gasteiger partial charge is 0.500 e. The molecule has 0 heterocycles. The van der Waals surface area contributed by atoms with Crippen LogP contribution in [0.3, 0.4) is 0 Å². The Morgan fingerprint density at radius 1 is 0.667 bits per heavy atom. The van der Waals surface area contributed by atoms with E-state index in [1.54, 1.807) is 0 Å². The summed E-state index contributed by atoms with van der Waals surface area (Å²) in [5, 5.41) is 0. The van der Waals surface area contributed by atoms with Gasteiger partial charge in [-0.3, -0.25) is 0 Å². The molecule has 0 aromatic heterocycles. The highest BCUT2D eigenvalue weighted by Crippen LogP contribution is 2.26. The second-order valence-electron chi connectivity index (χ2n) is 4.79.